The summed E-state index contributed by atoms with van der Waals surface area (Å²) in [5.74, 6) is -0.0901. The van der Waals surface area contributed by atoms with Crippen molar-refractivity contribution in [3.63, 3.8) is 0 Å². The Labute approximate surface area is 109 Å². The van der Waals surface area contributed by atoms with Crippen LogP contribution in [0.2, 0.25) is 5.02 Å². The van der Waals surface area contributed by atoms with Crippen LogP contribution in [0.1, 0.15) is 24.1 Å². The van der Waals surface area contributed by atoms with Gasteiger partial charge in [0.05, 0.1) is 12.1 Å². The van der Waals surface area contributed by atoms with Crippen LogP contribution >= 0.6 is 11.6 Å². The zero-order valence-corrected chi connectivity index (χ0v) is 10.8. The van der Waals surface area contributed by atoms with Crippen LogP contribution in [0.25, 0.3) is 0 Å². The molecule has 1 aliphatic rings. The molecule has 0 fully saturated rings. The predicted molar refractivity (Wildman–Crippen MR) is 66.4 cm³/mol. The van der Waals surface area contributed by atoms with Gasteiger partial charge in [0.2, 0.25) is 0 Å². The lowest BCUT2D eigenvalue weighted by Crippen LogP contribution is -2.21. The van der Waals surface area contributed by atoms with Crippen molar-refractivity contribution in [1.29, 1.82) is 0 Å². The Kier molecular flexibility index (Phi) is 3.36. The maximum absolute atomic E-state index is 11.0. The Bertz CT molecular complexity index is 503. The van der Waals surface area contributed by atoms with E-state index in [1.54, 1.807) is 0 Å². The second kappa shape index (κ2) is 4.66. The molecule has 2 rings (SSSR count). The van der Waals surface area contributed by atoms with Gasteiger partial charge in [-0.05, 0) is 13.0 Å². The van der Waals surface area contributed by atoms with E-state index in [-0.39, 0.29) is 6.10 Å². The van der Waals surface area contributed by atoms with E-state index in [0.717, 1.165) is 5.56 Å². The normalized spacial score (nSPS) is 19.0. The van der Waals surface area contributed by atoms with E-state index in [1.807, 2.05) is 6.92 Å². The summed E-state index contributed by atoms with van der Waals surface area (Å²) in [6.07, 6.45) is 0.604. The molecule has 2 unspecified atom stereocenters. The third-order valence-electron chi connectivity index (χ3n) is 2.93. The minimum atomic E-state index is -1.17. The van der Waals surface area contributed by atoms with E-state index in [1.165, 1.54) is 13.2 Å². The first-order valence-electron chi connectivity index (χ1n) is 5.50. The number of hydrogen-bond acceptors (Lipinski definition) is 4. The SMILES string of the molecule is COc1cc(C(N)C(=O)O)c(Cl)c2c1OC(C)C2. The van der Waals surface area contributed by atoms with Gasteiger partial charge < -0.3 is 20.3 Å². The highest BCUT2D eigenvalue weighted by Gasteiger charge is 2.30. The molecule has 1 heterocycles. The Morgan fingerprint density at radius 1 is 1.72 bits per heavy atom. The van der Waals surface area contributed by atoms with E-state index in [0.29, 0.717) is 28.5 Å². The Morgan fingerprint density at radius 3 is 2.94 bits per heavy atom. The number of carboxylic acid groups (broad SMARTS) is 1. The molecule has 2 atom stereocenters. The lowest BCUT2D eigenvalue weighted by molar-refractivity contribution is -0.138. The van der Waals surface area contributed by atoms with Crippen LogP contribution in [0, 0.1) is 0 Å². The van der Waals surface area contributed by atoms with E-state index in [9.17, 15) is 4.79 Å². The Hall–Kier alpha value is -1.46. The molecule has 98 valence electrons. The maximum Gasteiger partial charge on any atom is 0.325 e. The van der Waals surface area contributed by atoms with Crippen molar-refractivity contribution in [3.8, 4) is 11.5 Å². The zero-order chi connectivity index (χ0) is 13.4. The monoisotopic (exact) mass is 271 g/mol. The van der Waals surface area contributed by atoms with Crippen molar-refractivity contribution in [2.75, 3.05) is 7.11 Å². The van der Waals surface area contributed by atoms with Crippen LogP contribution < -0.4 is 15.2 Å². The number of methoxy groups -OCH3 is 1. The van der Waals surface area contributed by atoms with Crippen LogP contribution in [-0.4, -0.2) is 24.3 Å². The summed E-state index contributed by atoms with van der Waals surface area (Å²) in [5, 5.41) is 9.32. The topological polar surface area (TPSA) is 81.8 Å². The van der Waals surface area contributed by atoms with E-state index >= 15 is 0 Å². The molecule has 6 heteroatoms. The molecule has 0 saturated heterocycles. The summed E-state index contributed by atoms with van der Waals surface area (Å²) in [6.45, 7) is 1.91. The molecular formula is C12H14ClNO4. The average molecular weight is 272 g/mol. The summed E-state index contributed by atoms with van der Waals surface area (Å²) < 4.78 is 10.8. The summed E-state index contributed by atoms with van der Waals surface area (Å²) in [7, 11) is 1.49. The fourth-order valence-electron chi connectivity index (χ4n) is 2.05. The van der Waals surface area contributed by atoms with Crippen LogP contribution in [-0.2, 0) is 11.2 Å². The van der Waals surface area contributed by atoms with Crippen molar-refractivity contribution < 1.29 is 19.4 Å². The maximum atomic E-state index is 11.0. The highest BCUT2D eigenvalue weighted by atomic mass is 35.5. The first-order chi connectivity index (χ1) is 8.45. The first kappa shape index (κ1) is 13.0. The van der Waals surface area contributed by atoms with Gasteiger partial charge in [-0.1, -0.05) is 11.6 Å². The third-order valence-corrected chi connectivity index (χ3v) is 3.38. The van der Waals surface area contributed by atoms with Gasteiger partial charge >= 0.3 is 5.97 Å². The number of carboxylic acids is 1. The molecule has 0 aromatic heterocycles. The lowest BCUT2D eigenvalue weighted by atomic mass is 10.0. The smallest absolute Gasteiger partial charge is 0.325 e. The average Bonchev–Trinajstić information content (AvgIpc) is 2.71. The molecule has 1 aromatic carbocycles. The minimum Gasteiger partial charge on any atom is -0.493 e. The lowest BCUT2D eigenvalue weighted by Gasteiger charge is -2.15. The zero-order valence-electron chi connectivity index (χ0n) is 10.1. The predicted octanol–water partition coefficient (Wildman–Crippen LogP) is 1.76. The van der Waals surface area contributed by atoms with Gasteiger partial charge in [-0.3, -0.25) is 4.79 Å². The fourth-order valence-corrected chi connectivity index (χ4v) is 2.38. The van der Waals surface area contributed by atoms with Crippen molar-refractivity contribution >= 4 is 17.6 Å². The highest BCUT2D eigenvalue weighted by Crippen LogP contribution is 2.45. The van der Waals surface area contributed by atoms with Gasteiger partial charge in [0, 0.05) is 17.5 Å². The Morgan fingerprint density at radius 2 is 2.39 bits per heavy atom. The number of hydrogen-bond donors (Lipinski definition) is 2. The van der Waals surface area contributed by atoms with Gasteiger partial charge in [-0.25, -0.2) is 0 Å². The van der Waals surface area contributed by atoms with Gasteiger partial charge in [0.15, 0.2) is 11.5 Å². The number of fused-ring (bicyclic) bond motifs is 1. The standard InChI is InChI=1S/C12H14ClNO4/c1-5-3-7-9(13)6(10(14)12(15)16)4-8(17-2)11(7)18-5/h4-5,10H,3,14H2,1-2H3,(H,15,16). The van der Waals surface area contributed by atoms with Gasteiger partial charge in [0.1, 0.15) is 12.1 Å². The fraction of sp³-hybridized carbons (Fsp3) is 0.417. The second-order valence-corrected chi connectivity index (χ2v) is 4.62. The number of rotatable bonds is 3. The molecule has 0 spiro atoms. The first-order valence-corrected chi connectivity index (χ1v) is 5.87. The third kappa shape index (κ3) is 2.00. The quantitative estimate of drug-likeness (QED) is 0.875. The van der Waals surface area contributed by atoms with Crippen molar-refractivity contribution in [3.05, 3.63) is 22.2 Å². The van der Waals surface area contributed by atoms with Crippen LogP contribution in [0.5, 0.6) is 11.5 Å². The molecular weight excluding hydrogens is 258 g/mol. The molecule has 0 radical (unpaired) electrons. The van der Waals surface area contributed by atoms with Crippen LogP contribution in [0.4, 0.5) is 0 Å². The van der Waals surface area contributed by atoms with E-state index in [2.05, 4.69) is 0 Å². The molecule has 1 aliphatic heterocycles. The summed E-state index contributed by atoms with van der Waals surface area (Å²) in [4.78, 5) is 11.0. The Balaban J connectivity index is 2.58. The summed E-state index contributed by atoms with van der Waals surface area (Å²) in [5.41, 5.74) is 6.71. The molecule has 0 saturated carbocycles. The molecule has 0 bridgehead atoms. The molecule has 5 nitrogen and oxygen atoms in total. The van der Waals surface area contributed by atoms with Gasteiger partial charge in [-0.2, -0.15) is 0 Å². The summed E-state index contributed by atoms with van der Waals surface area (Å²) >= 11 is 6.21. The summed E-state index contributed by atoms with van der Waals surface area (Å²) in [6, 6.07) is 0.352. The minimum absolute atomic E-state index is 0.0114. The van der Waals surface area contributed by atoms with Crippen LogP contribution in [0.15, 0.2) is 6.07 Å². The number of carbonyl (C=O) groups is 1. The van der Waals surface area contributed by atoms with Crippen molar-refractivity contribution in [1.82, 2.24) is 0 Å². The van der Waals surface area contributed by atoms with Crippen molar-refractivity contribution in [2.45, 2.75) is 25.5 Å². The van der Waals surface area contributed by atoms with E-state index in [4.69, 9.17) is 31.9 Å². The molecule has 0 amide bonds. The van der Waals surface area contributed by atoms with Crippen LogP contribution in [0.3, 0.4) is 0 Å². The largest absolute Gasteiger partial charge is 0.493 e. The molecule has 0 aliphatic carbocycles. The number of nitrogens with two attached hydrogens (primary N) is 1. The molecule has 1 aromatic rings. The molecule has 18 heavy (non-hydrogen) atoms. The number of halogens is 1. The number of benzene rings is 1. The van der Waals surface area contributed by atoms with Gasteiger partial charge in [-0.15, -0.1) is 0 Å². The van der Waals surface area contributed by atoms with Gasteiger partial charge in [0.25, 0.3) is 0 Å². The van der Waals surface area contributed by atoms with E-state index < -0.39 is 12.0 Å². The number of aliphatic carboxylic acids is 1. The van der Waals surface area contributed by atoms with Crippen molar-refractivity contribution in [2.24, 2.45) is 5.73 Å². The molecule has 3 N–H and O–H groups in total. The highest BCUT2D eigenvalue weighted by molar-refractivity contribution is 6.32. The number of ether oxygens (including phenoxy) is 2. The second-order valence-electron chi connectivity index (χ2n) is 4.24.